The van der Waals surface area contributed by atoms with Gasteiger partial charge in [-0.2, -0.15) is 0 Å². The van der Waals surface area contributed by atoms with Crippen LogP contribution in [0.25, 0.3) is 17.8 Å². The second-order valence-electron chi connectivity index (χ2n) is 6.39. The molecule has 4 nitrogen and oxygen atoms in total. The van der Waals surface area contributed by atoms with Crippen molar-refractivity contribution in [3.05, 3.63) is 94.2 Å². The van der Waals surface area contributed by atoms with E-state index in [9.17, 15) is 4.79 Å². The van der Waals surface area contributed by atoms with Crippen molar-refractivity contribution in [3.63, 3.8) is 0 Å². The molecule has 0 atom stereocenters. The Bertz CT molecular complexity index is 985. The zero-order valence-corrected chi connectivity index (χ0v) is 15.3. The van der Waals surface area contributed by atoms with Gasteiger partial charge in [0.2, 0.25) is 0 Å². The summed E-state index contributed by atoms with van der Waals surface area (Å²) in [5.41, 5.74) is 4.88. The summed E-state index contributed by atoms with van der Waals surface area (Å²) in [6, 6.07) is 10.3. The van der Waals surface area contributed by atoms with Gasteiger partial charge in [-0.05, 0) is 36.8 Å². The lowest BCUT2D eigenvalue weighted by molar-refractivity contribution is 0.976. The number of rotatable bonds is 5. The first-order valence-electron chi connectivity index (χ1n) is 8.54. The van der Waals surface area contributed by atoms with Crippen molar-refractivity contribution < 1.29 is 0 Å². The summed E-state index contributed by atoms with van der Waals surface area (Å²) in [6.45, 7) is 1.83. The minimum absolute atomic E-state index is 0.0300. The molecule has 0 amide bonds. The number of benzene rings is 1. The highest BCUT2D eigenvalue weighted by atomic mass is 16.1. The summed E-state index contributed by atoms with van der Waals surface area (Å²) in [6.07, 6.45) is 15.5. The molecule has 3 rings (SSSR count). The Balaban J connectivity index is 1.62. The predicted octanol–water partition coefficient (Wildman–Crippen LogP) is 4.26. The molecule has 0 aromatic heterocycles. The summed E-state index contributed by atoms with van der Waals surface area (Å²) in [7, 11) is 4.06. The van der Waals surface area contributed by atoms with E-state index in [0.717, 1.165) is 22.5 Å². The van der Waals surface area contributed by atoms with E-state index in [4.69, 9.17) is 0 Å². The Hall–Kier alpha value is -3.27. The Morgan fingerprint density at radius 3 is 2.38 bits per heavy atom. The summed E-state index contributed by atoms with van der Waals surface area (Å²) in [5.74, 6) is 0. The number of nitrogens with one attached hydrogen (secondary N) is 1. The third kappa shape index (κ3) is 4.03. The Morgan fingerprint density at radius 1 is 1.00 bits per heavy atom. The van der Waals surface area contributed by atoms with E-state index in [1.165, 1.54) is 5.69 Å². The minimum Gasteiger partial charge on any atom is -0.378 e. The number of aromatic nitrogens is 2. The maximum absolute atomic E-state index is 12.0. The van der Waals surface area contributed by atoms with Crippen molar-refractivity contribution in [2.75, 3.05) is 19.0 Å². The zero-order chi connectivity index (χ0) is 18.5. The molecule has 0 bridgehead atoms. The molecule has 2 aliphatic heterocycles. The van der Waals surface area contributed by atoms with E-state index in [1.807, 2.05) is 69.9 Å². The fourth-order valence-corrected chi connectivity index (χ4v) is 2.67. The number of allylic oxidation sites excluding steroid dienone is 4. The number of hydrogen-bond donors (Lipinski definition) is 1. The molecule has 2 heterocycles. The van der Waals surface area contributed by atoms with Gasteiger partial charge < -0.3 is 9.88 Å². The van der Waals surface area contributed by atoms with Crippen LogP contribution in [0.3, 0.4) is 0 Å². The Morgan fingerprint density at radius 2 is 1.69 bits per heavy atom. The quantitative estimate of drug-likeness (QED) is 0.702. The second-order valence-corrected chi connectivity index (χ2v) is 6.39. The van der Waals surface area contributed by atoms with Gasteiger partial charge >= 0.3 is 0 Å². The molecule has 4 heteroatoms. The molecule has 0 aliphatic carbocycles. The first-order valence-corrected chi connectivity index (χ1v) is 8.54. The highest BCUT2D eigenvalue weighted by Gasteiger charge is 2.08. The molecular weight excluding hydrogens is 322 g/mol. The molecule has 0 unspecified atom stereocenters. The fourth-order valence-electron chi connectivity index (χ4n) is 2.67. The normalized spacial score (nSPS) is 12.1. The monoisotopic (exact) mass is 345 g/mol. The van der Waals surface area contributed by atoms with Gasteiger partial charge in [-0.3, -0.25) is 9.36 Å². The van der Waals surface area contributed by atoms with E-state index in [1.54, 1.807) is 4.57 Å². The van der Waals surface area contributed by atoms with Crippen LogP contribution in [0.5, 0.6) is 0 Å². The Kier molecular flexibility index (Phi) is 5.23. The smallest absolute Gasteiger partial charge is 0.258 e. The van der Waals surface area contributed by atoms with Crippen LogP contribution in [0.1, 0.15) is 16.8 Å². The summed E-state index contributed by atoms with van der Waals surface area (Å²) >= 11 is 0. The van der Waals surface area contributed by atoms with Crippen LogP contribution in [-0.4, -0.2) is 23.6 Å². The molecule has 0 saturated carbocycles. The van der Waals surface area contributed by atoms with Gasteiger partial charge in [0.1, 0.15) is 0 Å². The van der Waals surface area contributed by atoms with Gasteiger partial charge in [0, 0.05) is 37.7 Å². The number of H-pyrrole nitrogens is 1. The van der Waals surface area contributed by atoms with Gasteiger partial charge in [0.25, 0.3) is 5.56 Å². The molecule has 132 valence electrons. The van der Waals surface area contributed by atoms with Gasteiger partial charge in [0.15, 0.2) is 0 Å². The average Bonchev–Trinajstić information content (AvgIpc) is 2.92. The van der Waals surface area contributed by atoms with Crippen LogP contribution in [0, 0.1) is 6.92 Å². The molecule has 26 heavy (non-hydrogen) atoms. The second kappa shape index (κ2) is 7.74. The number of aryl methyl sites for hydroxylation is 1. The van der Waals surface area contributed by atoms with Crippen molar-refractivity contribution in [2.24, 2.45) is 0 Å². The van der Waals surface area contributed by atoms with E-state index in [2.05, 4.69) is 40.2 Å². The van der Waals surface area contributed by atoms with Gasteiger partial charge in [-0.1, -0.05) is 42.5 Å². The van der Waals surface area contributed by atoms with Crippen LogP contribution in [0.4, 0.5) is 5.69 Å². The molecule has 0 radical (unpaired) electrons. The molecule has 2 aliphatic rings. The van der Waals surface area contributed by atoms with Crippen LogP contribution in [-0.2, 0) is 0 Å². The van der Waals surface area contributed by atoms with Gasteiger partial charge in [0.05, 0.1) is 11.4 Å². The molecule has 1 aromatic carbocycles. The first kappa shape index (κ1) is 17.5. The fraction of sp³-hybridized carbons (Fsp3) is 0.136. The average molecular weight is 345 g/mol. The largest absolute Gasteiger partial charge is 0.378 e. The third-order valence-corrected chi connectivity index (χ3v) is 4.16. The van der Waals surface area contributed by atoms with Gasteiger partial charge in [-0.15, -0.1) is 0 Å². The number of anilines is 1. The lowest BCUT2D eigenvalue weighted by Gasteiger charge is -2.11. The van der Waals surface area contributed by atoms with Crippen LogP contribution in [0.15, 0.2) is 71.8 Å². The molecule has 1 N–H and O–H groups in total. The van der Waals surface area contributed by atoms with Crippen LogP contribution < -0.4 is 10.5 Å². The third-order valence-electron chi connectivity index (χ3n) is 4.16. The van der Waals surface area contributed by atoms with E-state index in [-0.39, 0.29) is 5.56 Å². The number of aromatic amines is 1. The van der Waals surface area contributed by atoms with E-state index < -0.39 is 0 Å². The van der Waals surface area contributed by atoms with E-state index in [0.29, 0.717) is 0 Å². The highest BCUT2D eigenvalue weighted by Crippen LogP contribution is 2.13. The predicted molar refractivity (Wildman–Crippen MR) is 110 cm³/mol. The summed E-state index contributed by atoms with van der Waals surface area (Å²) < 4.78 is 1.66. The van der Waals surface area contributed by atoms with Crippen LogP contribution in [0.2, 0.25) is 0 Å². The zero-order valence-electron chi connectivity index (χ0n) is 15.3. The minimum atomic E-state index is 0.0300. The van der Waals surface area contributed by atoms with Crippen LogP contribution >= 0.6 is 0 Å². The van der Waals surface area contributed by atoms with Crippen molar-refractivity contribution >= 4 is 17.8 Å². The summed E-state index contributed by atoms with van der Waals surface area (Å²) in [5, 5.41) is 0. The molecule has 0 fully saturated rings. The number of hydrogen-bond acceptors (Lipinski definition) is 2. The van der Waals surface area contributed by atoms with Crippen molar-refractivity contribution in [3.8, 4) is 5.69 Å². The standard InChI is InChI=1S/C22H23N3O/c1-17-14-21-15-23-19(16-25(21)22(17)26)9-7-5-4-6-8-18-10-12-20(13-11-18)24(2)3/h4-16,23H,1-3H3/b5-4+,8-6+,9-7+. The molecule has 0 spiro atoms. The van der Waals surface area contributed by atoms with Crippen molar-refractivity contribution in [2.45, 2.75) is 6.92 Å². The number of nitrogens with zero attached hydrogens (tertiary/aromatic N) is 2. The Labute approximate surface area is 153 Å². The topological polar surface area (TPSA) is 41.0 Å². The SMILES string of the molecule is Cc1cc2c[nH]c(/C=C/C=C/C=C/c3ccc(N(C)C)cc3)cn-2c1=O. The van der Waals surface area contributed by atoms with Crippen molar-refractivity contribution in [1.82, 2.24) is 9.55 Å². The summed E-state index contributed by atoms with van der Waals surface area (Å²) in [4.78, 5) is 17.2. The molecular formula is C22H23N3O. The first-order chi connectivity index (χ1) is 12.5. The van der Waals surface area contributed by atoms with E-state index >= 15 is 0 Å². The molecule has 0 saturated heterocycles. The maximum atomic E-state index is 12.0. The lowest BCUT2D eigenvalue weighted by Crippen LogP contribution is -2.13. The highest BCUT2D eigenvalue weighted by molar-refractivity contribution is 5.57. The van der Waals surface area contributed by atoms with Crippen molar-refractivity contribution in [1.29, 1.82) is 0 Å². The maximum Gasteiger partial charge on any atom is 0.258 e. The lowest BCUT2D eigenvalue weighted by atomic mass is 10.2. The molecule has 1 aromatic rings. The number of fused-ring (bicyclic) bond motifs is 1. The van der Waals surface area contributed by atoms with Gasteiger partial charge in [-0.25, -0.2) is 0 Å².